The zero-order valence-corrected chi connectivity index (χ0v) is 21.1. The molecule has 0 aliphatic heterocycles. The maximum absolute atomic E-state index is 13.0. The second-order valence-corrected chi connectivity index (χ2v) is 8.31. The minimum absolute atomic E-state index is 0.262. The van der Waals surface area contributed by atoms with E-state index in [1.54, 1.807) is 51.3 Å². The highest BCUT2D eigenvalue weighted by Gasteiger charge is 2.21. The number of allylic oxidation sites excluding steroid dienone is 1. The fourth-order valence-electron chi connectivity index (χ4n) is 3.36. The molecule has 34 heavy (non-hydrogen) atoms. The van der Waals surface area contributed by atoms with Crippen LogP contribution in [-0.4, -0.2) is 41.7 Å². The Bertz CT molecular complexity index is 1320. The predicted molar refractivity (Wildman–Crippen MR) is 135 cm³/mol. The Morgan fingerprint density at radius 2 is 2.09 bits per heavy atom. The van der Waals surface area contributed by atoms with Gasteiger partial charge in [-0.25, -0.2) is 9.78 Å². The monoisotopic (exact) mass is 527 g/mol. The minimum atomic E-state index is -0.818. The average molecular weight is 528 g/mol. The van der Waals surface area contributed by atoms with Crippen molar-refractivity contribution in [2.75, 3.05) is 13.7 Å². The van der Waals surface area contributed by atoms with E-state index in [-0.39, 0.29) is 12.2 Å². The van der Waals surface area contributed by atoms with Crippen LogP contribution in [0.25, 0.3) is 10.9 Å². The molecule has 0 bridgehead atoms. The molecule has 0 amide bonds. The summed E-state index contributed by atoms with van der Waals surface area (Å²) in [7, 11) is 1.51. The van der Waals surface area contributed by atoms with Gasteiger partial charge in [0.2, 0.25) is 0 Å². The van der Waals surface area contributed by atoms with E-state index >= 15 is 0 Å². The van der Waals surface area contributed by atoms with Crippen molar-refractivity contribution >= 4 is 39.0 Å². The molecule has 0 radical (unpaired) electrons. The Balaban J connectivity index is 2.02. The molecular weight excluding hydrogens is 502 g/mol. The van der Waals surface area contributed by atoms with E-state index in [0.29, 0.717) is 40.2 Å². The van der Waals surface area contributed by atoms with Gasteiger partial charge in [-0.05, 0) is 63.1 Å². The van der Waals surface area contributed by atoms with Crippen LogP contribution in [0.4, 0.5) is 0 Å². The highest BCUT2D eigenvalue weighted by atomic mass is 79.9. The third-order valence-corrected chi connectivity index (χ3v) is 5.44. The third kappa shape index (κ3) is 5.53. The maximum Gasteiger partial charge on any atom is 0.347 e. The molecule has 8 nitrogen and oxygen atoms in total. The van der Waals surface area contributed by atoms with Crippen molar-refractivity contribution in [1.29, 1.82) is 0 Å². The van der Waals surface area contributed by atoms with Crippen molar-refractivity contribution in [3.05, 3.63) is 74.8 Å². The molecule has 1 heterocycles. The first kappa shape index (κ1) is 25.2. The van der Waals surface area contributed by atoms with Crippen LogP contribution in [0, 0.1) is 6.92 Å². The largest absolute Gasteiger partial charge is 0.493 e. The number of aromatic nitrogens is 2. The first-order valence-corrected chi connectivity index (χ1v) is 11.5. The lowest BCUT2D eigenvalue weighted by atomic mass is 10.1. The summed E-state index contributed by atoms with van der Waals surface area (Å²) in [5.74, 6) is 0.829. The number of methoxy groups -OCH3 is 1. The molecule has 0 saturated carbocycles. The van der Waals surface area contributed by atoms with E-state index in [1.165, 1.54) is 11.8 Å². The van der Waals surface area contributed by atoms with Crippen molar-refractivity contribution in [2.24, 2.45) is 5.10 Å². The molecule has 0 fully saturated rings. The summed E-state index contributed by atoms with van der Waals surface area (Å²) in [6.07, 6.45) is 2.92. The number of halogens is 1. The van der Waals surface area contributed by atoms with Crippen molar-refractivity contribution in [2.45, 2.75) is 33.3 Å². The van der Waals surface area contributed by atoms with Gasteiger partial charge in [0.1, 0.15) is 5.82 Å². The molecule has 9 heteroatoms. The molecule has 1 aromatic heterocycles. The first-order valence-electron chi connectivity index (χ1n) is 10.7. The van der Waals surface area contributed by atoms with Crippen LogP contribution in [0.2, 0.25) is 0 Å². The van der Waals surface area contributed by atoms with Gasteiger partial charge in [-0.15, -0.1) is 6.58 Å². The molecule has 3 aromatic rings. The highest BCUT2D eigenvalue weighted by Crippen LogP contribution is 2.34. The first-order chi connectivity index (χ1) is 16.3. The van der Waals surface area contributed by atoms with Crippen LogP contribution in [0.5, 0.6) is 11.5 Å². The minimum Gasteiger partial charge on any atom is -0.493 e. The number of esters is 1. The van der Waals surface area contributed by atoms with E-state index in [9.17, 15) is 9.59 Å². The number of hydrogen-bond acceptors (Lipinski definition) is 7. The number of carbonyl (C=O) groups is 1. The summed E-state index contributed by atoms with van der Waals surface area (Å²) in [6.45, 7) is 9.13. The third-order valence-electron chi connectivity index (χ3n) is 4.94. The lowest BCUT2D eigenvalue weighted by Crippen LogP contribution is -2.26. The second kappa shape index (κ2) is 11.1. The van der Waals surface area contributed by atoms with Crippen LogP contribution in [-0.2, 0) is 16.0 Å². The summed E-state index contributed by atoms with van der Waals surface area (Å²) in [6, 6.07) is 8.89. The van der Waals surface area contributed by atoms with Crippen LogP contribution in [0.1, 0.15) is 30.8 Å². The van der Waals surface area contributed by atoms with Gasteiger partial charge in [-0.2, -0.15) is 9.78 Å². The molecule has 3 rings (SSSR count). The Kier molecular flexibility index (Phi) is 8.22. The van der Waals surface area contributed by atoms with E-state index in [0.717, 1.165) is 10.0 Å². The molecule has 2 aromatic carbocycles. The summed E-state index contributed by atoms with van der Waals surface area (Å²) in [5.41, 5.74) is 1.74. The van der Waals surface area contributed by atoms with E-state index < -0.39 is 12.1 Å². The smallest absolute Gasteiger partial charge is 0.347 e. The molecule has 0 aliphatic rings. The fourth-order valence-corrected chi connectivity index (χ4v) is 3.72. The van der Waals surface area contributed by atoms with Gasteiger partial charge >= 0.3 is 5.97 Å². The number of hydrogen-bond donors (Lipinski definition) is 0. The summed E-state index contributed by atoms with van der Waals surface area (Å²) in [4.78, 5) is 29.5. The lowest BCUT2D eigenvalue weighted by Gasteiger charge is -2.19. The van der Waals surface area contributed by atoms with Crippen LogP contribution >= 0.6 is 15.9 Å². The molecule has 0 unspecified atom stereocenters. The molecular formula is C25H26BrN3O5. The molecule has 0 saturated heterocycles. The number of carbonyl (C=O) groups excluding carboxylic acids is 1. The van der Waals surface area contributed by atoms with Gasteiger partial charge < -0.3 is 14.2 Å². The van der Waals surface area contributed by atoms with Crippen molar-refractivity contribution in [3.8, 4) is 11.5 Å². The molecule has 1 atom stereocenters. The highest BCUT2D eigenvalue weighted by molar-refractivity contribution is 9.10. The summed E-state index contributed by atoms with van der Waals surface area (Å²) < 4.78 is 18.5. The quantitative estimate of drug-likeness (QED) is 0.232. The van der Waals surface area contributed by atoms with Gasteiger partial charge in [-0.1, -0.05) is 22.0 Å². The van der Waals surface area contributed by atoms with Crippen LogP contribution in [0.15, 0.2) is 57.4 Å². The van der Waals surface area contributed by atoms with Gasteiger partial charge in [0.05, 0.1) is 30.8 Å². The number of benzene rings is 2. The Hall–Kier alpha value is -3.46. The fraction of sp³-hybridized carbons (Fsp3) is 0.280. The zero-order valence-electron chi connectivity index (χ0n) is 19.5. The van der Waals surface area contributed by atoms with Crippen molar-refractivity contribution < 1.29 is 19.0 Å². The standard InChI is InChI=1S/C25H26BrN3O5/c1-6-8-18-11-17(12-22(32-5)23(18)34-15(3)25(31)33-7-2)14-27-29-16(4)28-21-10-9-19(26)13-20(21)24(29)30/h6,9-15H,1,7-8H2,2-5H3/t15-/m1/s1. The zero-order chi connectivity index (χ0) is 24.8. The molecule has 0 aliphatic carbocycles. The van der Waals surface area contributed by atoms with Crippen LogP contribution in [0.3, 0.4) is 0 Å². The maximum atomic E-state index is 13.0. The number of fused-ring (bicyclic) bond motifs is 1. The van der Waals surface area contributed by atoms with Gasteiger partial charge in [0.15, 0.2) is 17.6 Å². The molecule has 0 N–H and O–H groups in total. The van der Waals surface area contributed by atoms with E-state index in [1.807, 2.05) is 12.1 Å². The second-order valence-electron chi connectivity index (χ2n) is 7.40. The predicted octanol–water partition coefficient (Wildman–Crippen LogP) is 4.42. The average Bonchev–Trinajstić information content (AvgIpc) is 2.81. The van der Waals surface area contributed by atoms with Crippen molar-refractivity contribution in [3.63, 3.8) is 0 Å². The normalized spacial score (nSPS) is 12.0. The Labute approximate surface area is 206 Å². The Morgan fingerprint density at radius 3 is 2.76 bits per heavy atom. The number of rotatable bonds is 9. The molecule has 0 spiro atoms. The van der Waals surface area contributed by atoms with E-state index in [2.05, 4.69) is 32.6 Å². The van der Waals surface area contributed by atoms with Gasteiger partial charge in [0.25, 0.3) is 5.56 Å². The number of nitrogens with zero attached hydrogens (tertiary/aromatic N) is 3. The van der Waals surface area contributed by atoms with Gasteiger partial charge in [0, 0.05) is 10.0 Å². The van der Waals surface area contributed by atoms with Gasteiger partial charge in [-0.3, -0.25) is 4.79 Å². The van der Waals surface area contributed by atoms with Crippen molar-refractivity contribution in [1.82, 2.24) is 9.66 Å². The number of aryl methyl sites for hydroxylation is 1. The Morgan fingerprint density at radius 1 is 1.32 bits per heavy atom. The van der Waals surface area contributed by atoms with E-state index in [4.69, 9.17) is 14.2 Å². The lowest BCUT2D eigenvalue weighted by molar-refractivity contribution is -0.150. The van der Waals surface area contributed by atoms with Crippen LogP contribution < -0.4 is 15.0 Å². The summed E-state index contributed by atoms with van der Waals surface area (Å²) in [5, 5.41) is 4.84. The molecule has 178 valence electrons. The topological polar surface area (TPSA) is 92.0 Å². The number of ether oxygens (including phenoxy) is 3. The SMILES string of the molecule is C=CCc1cc(C=Nn2c(C)nc3ccc(Br)cc3c2=O)cc(OC)c1O[C@H](C)C(=O)OCC. The summed E-state index contributed by atoms with van der Waals surface area (Å²) >= 11 is 3.39.